The van der Waals surface area contributed by atoms with Gasteiger partial charge < -0.3 is 33.5 Å². The molecule has 206 valence electrons. The molecule has 1 fully saturated rings. The van der Waals surface area contributed by atoms with Crippen LogP contribution in [0.3, 0.4) is 0 Å². The average Bonchev–Trinajstić information content (AvgIpc) is 3.55. The SMILES string of the molecule is CCOc1ccc(C(O)=C2C(=O)C(=O)N(CCCn3ccnc3)[C@H]2c2cc(OC)c(OC)c(OC)c2)cc1Cl. The summed E-state index contributed by atoms with van der Waals surface area (Å²) in [6, 6.07) is 7.10. The van der Waals surface area contributed by atoms with Gasteiger partial charge in [-0.2, -0.15) is 0 Å². The van der Waals surface area contributed by atoms with Crippen molar-refractivity contribution < 1.29 is 33.6 Å². The first-order valence-electron chi connectivity index (χ1n) is 12.3. The molecule has 0 bridgehead atoms. The number of aromatic nitrogens is 2. The van der Waals surface area contributed by atoms with E-state index in [9.17, 15) is 14.7 Å². The van der Waals surface area contributed by atoms with Gasteiger partial charge in [-0.3, -0.25) is 9.59 Å². The fraction of sp³-hybridized carbons (Fsp3) is 0.321. The molecule has 1 aromatic heterocycles. The molecule has 4 rings (SSSR count). The quantitative estimate of drug-likeness (QED) is 0.209. The Balaban J connectivity index is 1.84. The summed E-state index contributed by atoms with van der Waals surface area (Å²) < 4.78 is 23.8. The van der Waals surface area contributed by atoms with Crippen LogP contribution < -0.4 is 18.9 Å². The van der Waals surface area contributed by atoms with Crippen LogP contribution in [0.4, 0.5) is 0 Å². The fourth-order valence-corrected chi connectivity index (χ4v) is 4.87. The zero-order valence-corrected chi connectivity index (χ0v) is 22.9. The van der Waals surface area contributed by atoms with Crippen LogP contribution in [-0.4, -0.2) is 65.7 Å². The molecular formula is C28H30ClN3O7. The number of ether oxygens (including phenoxy) is 4. The lowest BCUT2D eigenvalue weighted by Crippen LogP contribution is -2.31. The molecule has 2 aromatic carbocycles. The number of benzene rings is 2. The van der Waals surface area contributed by atoms with Crippen LogP contribution in [0, 0.1) is 0 Å². The van der Waals surface area contributed by atoms with Crippen LogP contribution in [0.25, 0.3) is 5.76 Å². The van der Waals surface area contributed by atoms with Crippen molar-refractivity contribution in [2.24, 2.45) is 0 Å². The number of halogens is 1. The molecule has 11 heteroatoms. The third kappa shape index (κ3) is 5.51. The molecule has 0 aliphatic carbocycles. The lowest BCUT2D eigenvalue weighted by atomic mass is 9.94. The topological polar surface area (TPSA) is 112 Å². The van der Waals surface area contributed by atoms with E-state index in [-0.39, 0.29) is 28.5 Å². The number of carbonyl (C=O) groups is 2. The number of aryl methyl sites for hydroxylation is 1. The minimum Gasteiger partial charge on any atom is -0.507 e. The minimum absolute atomic E-state index is 0.0721. The molecule has 1 aliphatic heterocycles. The van der Waals surface area contributed by atoms with E-state index in [2.05, 4.69) is 4.98 Å². The maximum Gasteiger partial charge on any atom is 0.295 e. The molecule has 0 unspecified atom stereocenters. The zero-order chi connectivity index (χ0) is 28.1. The van der Waals surface area contributed by atoms with Crippen molar-refractivity contribution in [3.05, 3.63) is 70.8 Å². The van der Waals surface area contributed by atoms with Crippen LogP contribution in [0.15, 0.2) is 54.6 Å². The predicted molar refractivity (Wildman–Crippen MR) is 145 cm³/mol. The summed E-state index contributed by atoms with van der Waals surface area (Å²) >= 11 is 6.36. The molecule has 1 saturated heterocycles. The number of rotatable bonds is 11. The Morgan fingerprint density at radius 1 is 1.03 bits per heavy atom. The van der Waals surface area contributed by atoms with E-state index >= 15 is 0 Å². The van der Waals surface area contributed by atoms with Crippen molar-refractivity contribution in [1.82, 2.24) is 14.5 Å². The molecule has 10 nitrogen and oxygen atoms in total. The number of aliphatic hydroxyl groups is 1. The Bertz CT molecular complexity index is 1360. The Kier molecular flexibility index (Phi) is 8.65. The number of amides is 1. The van der Waals surface area contributed by atoms with Crippen LogP contribution >= 0.6 is 11.6 Å². The maximum absolute atomic E-state index is 13.4. The molecule has 2 heterocycles. The Labute approximate surface area is 231 Å². The van der Waals surface area contributed by atoms with Gasteiger partial charge in [0.05, 0.1) is 50.9 Å². The molecule has 1 aliphatic rings. The zero-order valence-electron chi connectivity index (χ0n) is 22.1. The van der Waals surface area contributed by atoms with Gasteiger partial charge >= 0.3 is 0 Å². The molecule has 1 amide bonds. The molecule has 1 N–H and O–H groups in total. The number of Topliss-reactive ketones (excluding diaryl/α,β-unsaturated/α-hetero) is 1. The second-order valence-corrected chi connectivity index (χ2v) is 9.09. The second kappa shape index (κ2) is 12.1. The van der Waals surface area contributed by atoms with E-state index in [0.29, 0.717) is 48.1 Å². The number of carbonyl (C=O) groups excluding carboxylic acids is 2. The van der Waals surface area contributed by atoms with Crippen molar-refractivity contribution >= 4 is 29.1 Å². The van der Waals surface area contributed by atoms with Gasteiger partial charge in [-0.25, -0.2) is 4.98 Å². The van der Waals surface area contributed by atoms with Crippen LogP contribution in [-0.2, 0) is 16.1 Å². The lowest BCUT2D eigenvalue weighted by molar-refractivity contribution is -0.139. The minimum atomic E-state index is -0.924. The Hall–Kier alpha value is -4.18. The third-order valence-electron chi connectivity index (χ3n) is 6.42. The number of methoxy groups -OCH3 is 3. The van der Waals surface area contributed by atoms with E-state index < -0.39 is 17.7 Å². The molecular weight excluding hydrogens is 526 g/mol. The molecule has 3 aromatic rings. The van der Waals surface area contributed by atoms with Gasteiger partial charge in [-0.05, 0) is 49.2 Å². The number of nitrogens with zero attached hydrogens (tertiary/aromatic N) is 3. The standard InChI is InChI=1S/C28H30ClN3O7/c1-5-39-20-8-7-17(13-19(20)29)25(33)23-24(18-14-21(36-2)27(38-4)22(15-18)37-3)32(28(35)26(23)34)11-6-10-31-12-9-30-16-31/h7-9,12-16,24,33H,5-6,10-11H2,1-4H3/t24-/m0/s1. The highest BCUT2D eigenvalue weighted by atomic mass is 35.5. The van der Waals surface area contributed by atoms with Crippen molar-refractivity contribution in [3.8, 4) is 23.0 Å². The Morgan fingerprint density at radius 3 is 2.31 bits per heavy atom. The summed E-state index contributed by atoms with van der Waals surface area (Å²) in [5, 5.41) is 11.7. The normalized spacial score (nSPS) is 16.4. The van der Waals surface area contributed by atoms with E-state index in [4.69, 9.17) is 30.5 Å². The number of hydrogen-bond acceptors (Lipinski definition) is 8. The summed E-state index contributed by atoms with van der Waals surface area (Å²) in [6.07, 6.45) is 5.71. The average molecular weight is 556 g/mol. The van der Waals surface area contributed by atoms with Crippen LogP contribution in [0.1, 0.15) is 30.5 Å². The molecule has 0 radical (unpaired) electrons. The summed E-state index contributed by atoms with van der Waals surface area (Å²) in [7, 11) is 4.44. The monoisotopic (exact) mass is 555 g/mol. The van der Waals surface area contributed by atoms with Gasteiger partial charge in [0.15, 0.2) is 11.5 Å². The van der Waals surface area contributed by atoms with Gasteiger partial charge in [-0.1, -0.05) is 11.6 Å². The van der Waals surface area contributed by atoms with E-state index in [1.807, 2.05) is 17.7 Å². The summed E-state index contributed by atoms with van der Waals surface area (Å²) in [5.41, 5.74) is 0.708. The maximum atomic E-state index is 13.4. The highest BCUT2D eigenvalue weighted by molar-refractivity contribution is 6.46. The van der Waals surface area contributed by atoms with E-state index in [0.717, 1.165) is 0 Å². The first kappa shape index (κ1) is 27.8. The predicted octanol–water partition coefficient (Wildman–Crippen LogP) is 4.47. The first-order chi connectivity index (χ1) is 18.8. The van der Waals surface area contributed by atoms with Crippen molar-refractivity contribution in [1.29, 1.82) is 0 Å². The fourth-order valence-electron chi connectivity index (χ4n) is 4.64. The second-order valence-electron chi connectivity index (χ2n) is 8.68. The number of likely N-dealkylation sites (tertiary alicyclic amines) is 1. The Morgan fingerprint density at radius 2 is 1.74 bits per heavy atom. The summed E-state index contributed by atoms with van der Waals surface area (Å²) in [6.45, 7) is 3.07. The summed E-state index contributed by atoms with van der Waals surface area (Å²) in [5.74, 6) is -0.387. The van der Waals surface area contributed by atoms with Crippen molar-refractivity contribution in [2.75, 3.05) is 34.5 Å². The van der Waals surface area contributed by atoms with Gasteiger partial charge in [0.1, 0.15) is 11.5 Å². The number of imidazole rings is 1. The van der Waals surface area contributed by atoms with Crippen molar-refractivity contribution in [2.45, 2.75) is 25.9 Å². The van der Waals surface area contributed by atoms with Crippen molar-refractivity contribution in [3.63, 3.8) is 0 Å². The van der Waals surface area contributed by atoms with Gasteiger partial charge in [-0.15, -0.1) is 0 Å². The first-order valence-corrected chi connectivity index (χ1v) is 12.7. The number of ketones is 1. The van der Waals surface area contributed by atoms with E-state index in [1.54, 1.807) is 36.8 Å². The highest BCUT2D eigenvalue weighted by Crippen LogP contribution is 2.46. The largest absolute Gasteiger partial charge is 0.507 e. The number of hydrogen-bond donors (Lipinski definition) is 1. The van der Waals surface area contributed by atoms with Gasteiger partial charge in [0, 0.05) is 31.0 Å². The van der Waals surface area contributed by atoms with Crippen LogP contribution in [0.2, 0.25) is 5.02 Å². The third-order valence-corrected chi connectivity index (χ3v) is 6.72. The van der Waals surface area contributed by atoms with Gasteiger partial charge in [0.25, 0.3) is 11.7 Å². The van der Waals surface area contributed by atoms with E-state index in [1.165, 1.54) is 32.3 Å². The molecule has 1 atom stereocenters. The number of aliphatic hydroxyl groups excluding tert-OH is 1. The molecule has 0 spiro atoms. The van der Waals surface area contributed by atoms with Crippen LogP contribution in [0.5, 0.6) is 23.0 Å². The highest BCUT2D eigenvalue weighted by Gasteiger charge is 2.46. The van der Waals surface area contributed by atoms with Gasteiger partial charge in [0.2, 0.25) is 5.75 Å². The summed E-state index contributed by atoms with van der Waals surface area (Å²) in [4.78, 5) is 32.3. The smallest absolute Gasteiger partial charge is 0.295 e. The lowest BCUT2D eigenvalue weighted by Gasteiger charge is -2.26. The molecule has 0 saturated carbocycles. The molecule has 39 heavy (non-hydrogen) atoms.